The molecule has 1 aromatic carbocycles. The summed E-state index contributed by atoms with van der Waals surface area (Å²) in [5.74, 6) is -0.147. The van der Waals surface area contributed by atoms with Crippen LogP contribution in [-0.2, 0) is 4.79 Å². The Balaban J connectivity index is 0.00000264. The highest BCUT2D eigenvalue weighted by atomic mass is 35.5. The molecule has 1 aliphatic heterocycles. The van der Waals surface area contributed by atoms with E-state index in [0.29, 0.717) is 17.3 Å². The number of piperidine rings is 1. The third-order valence-corrected chi connectivity index (χ3v) is 3.90. The van der Waals surface area contributed by atoms with E-state index in [4.69, 9.17) is 0 Å². The molecule has 0 radical (unpaired) electrons. The Kier molecular flexibility index (Phi) is 7.52. The number of benzene rings is 1. The highest BCUT2D eigenvalue weighted by Crippen LogP contribution is 2.13. The van der Waals surface area contributed by atoms with Gasteiger partial charge in [0.2, 0.25) is 5.91 Å². The second-order valence-electron chi connectivity index (χ2n) is 6.27. The summed E-state index contributed by atoms with van der Waals surface area (Å²) in [6.45, 7) is 6.76. The van der Waals surface area contributed by atoms with Gasteiger partial charge in [0.25, 0.3) is 5.91 Å². The fourth-order valence-corrected chi connectivity index (χ4v) is 2.52. The standard InChI is InChI=1S/C17H25N3O2.ClH/c1-11(2)16(21)19-14-6-4-13(5-7-14)17(22)20-15-8-9-18-12(3)10-15;/h4-7,11-12,15,18H,8-10H2,1-3H3,(H,19,21)(H,20,22);1H. The number of hydrogen-bond acceptors (Lipinski definition) is 3. The van der Waals surface area contributed by atoms with Crippen LogP contribution in [0.25, 0.3) is 0 Å². The molecule has 3 N–H and O–H groups in total. The van der Waals surface area contributed by atoms with Gasteiger partial charge in [0.05, 0.1) is 0 Å². The zero-order chi connectivity index (χ0) is 16.1. The molecule has 2 unspecified atom stereocenters. The fourth-order valence-electron chi connectivity index (χ4n) is 2.52. The lowest BCUT2D eigenvalue weighted by Crippen LogP contribution is -2.46. The van der Waals surface area contributed by atoms with E-state index in [1.807, 2.05) is 13.8 Å². The molecule has 0 spiro atoms. The third kappa shape index (κ3) is 5.84. The monoisotopic (exact) mass is 339 g/mol. The molecule has 5 nitrogen and oxygen atoms in total. The van der Waals surface area contributed by atoms with Gasteiger partial charge in [-0.1, -0.05) is 13.8 Å². The Labute approximate surface area is 144 Å². The van der Waals surface area contributed by atoms with Crippen LogP contribution >= 0.6 is 12.4 Å². The van der Waals surface area contributed by atoms with Gasteiger partial charge in [-0.3, -0.25) is 9.59 Å². The van der Waals surface area contributed by atoms with Gasteiger partial charge < -0.3 is 16.0 Å². The first-order valence-corrected chi connectivity index (χ1v) is 7.91. The Morgan fingerprint density at radius 1 is 1.22 bits per heavy atom. The van der Waals surface area contributed by atoms with E-state index in [-0.39, 0.29) is 36.2 Å². The van der Waals surface area contributed by atoms with E-state index < -0.39 is 0 Å². The zero-order valence-electron chi connectivity index (χ0n) is 13.9. The number of amides is 2. The summed E-state index contributed by atoms with van der Waals surface area (Å²) >= 11 is 0. The minimum Gasteiger partial charge on any atom is -0.349 e. The van der Waals surface area contributed by atoms with E-state index in [0.717, 1.165) is 19.4 Å². The summed E-state index contributed by atoms with van der Waals surface area (Å²) < 4.78 is 0. The van der Waals surface area contributed by atoms with E-state index >= 15 is 0 Å². The maximum atomic E-state index is 12.2. The van der Waals surface area contributed by atoms with Crippen LogP contribution in [0.1, 0.15) is 44.0 Å². The van der Waals surface area contributed by atoms with Crippen molar-refractivity contribution in [1.82, 2.24) is 10.6 Å². The third-order valence-electron chi connectivity index (χ3n) is 3.90. The Bertz CT molecular complexity index is 531. The molecule has 0 saturated carbocycles. The SMILES string of the molecule is CC1CC(NC(=O)c2ccc(NC(=O)C(C)C)cc2)CCN1.Cl. The van der Waals surface area contributed by atoms with E-state index in [1.165, 1.54) is 0 Å². The van der Waals surface area contributed by atoms with Gasteiger partial charge in [0.1, 0.15) is 0 Å². The van der Waals surface area contributed by atoms with Gasteiger partial charge in [0, 0.05) is 29.3 Å². The van der Waals surface area contributed by atoms with Crippen molar-refractivity contribution in [2.75, 3.05) is 11.9 Å². The van der Waals surface area contributed by atoms with Crippen LogP contribution in [-0.4, -0.2) is 30.4 Å². The van der Waals surface area contributed by atoms with Crippen LogP contribution in [0.15, 0.2) is 24.3 Å². The number of carbonyl (C=O) groups excluding carboxylic acids is 2. The summed E-state index contributed by atoms with van der Waals surface area (Å²) in [5.41, 5.74) is 1.33. The first kappa shape index (κ1) is 19.5. The summed E-state index contributed by atoms with van der Waals surface area (Å²) in [4.78, 5) is 23.9. The quantitative estimate of drug-likeness (QED) is 0.789. The molecule has 2 rings (SSSR count). The Hall–Kier alpha value is -1.59. The second-order valence-corrected chi connectivity index (χ2v) is 6.27. The minimum absolute atomic E-state index is 0. The number of carbonyl (C=O) groups is 2. The summed E-state index contributed by atoms with van der Waals surface area (Å²) in [7, 11) is 0. The lowest BCUT2D eigenvalue weighted by molar-refractivity contribution is -0.118. The van der Waals surface area contributed by atoms with Crippen molar-refractivity contribution < 1.29 is 9.59 Å². The Morgan fingerprint density at radius 2 is 1.87 bits per heavy atom. The maximum Gasteiger partial charge on any atom is 0.251 e. The average molecular weight is 340 g/mol. The van der Waals surface area contributed by atoms with Crippen LogP contribution in [0.3, 0.4) is 0 Å². The zero-order valence-corrected chi connectivity index (χ0v) is 14.7. The van der Waals surface area contributed by atoms with Gasteiger partial charge >= 0.3 is 0 Å². The molecule has 1 aliphatic rings. The molecule has 0 aliphatic carbocycles. The second kappa shape index (κ2) is 8.89. The van der Waals surface area contributed by atoms with Crippen molar-refractivity contribution in [3.8, 4) is 0 Å². The number of halogens is 1. The fraction of sp³-hybridized carbons (Fsp3) is 0.529. The lowest BCUT2D eigenvalue weighted by atomic mass is 10.0. The van der Waals surface area contributed by atoms with Gasteiger partial charge in [0.15, 0.2) is 0 Å². The predicted octanol–water partition coefficient (Wildman–Crippen LogP) is 2.57. The number of rotatable bonds is 4. The molecular formula is C17H26ClN3O2. The molecule has 0 aromatic heterocycles. The highest BCUT2D eigenvalue weighted by Gasteiger charge is 2.20. The number of anilines is 1. The van der Waals surface area contributed by atoms with Crippen LogP contribution in [0.2, 0.25) is 0 Å². The minimum atomic E-state index is -0.0649. The van der Waals surface area contributed by atoms with Crippen molar-refractivity contribution in [2.45, 2.75) is 45.7 Å². The van der Waals surface area contributed by atoms with Crippen molar-refractivity contribution in [3.63, 3.8) is 0 Å². The van der Waals surface area contributed by atoms with Crippen LogP contribution in [0, 0.1) is 5.92 Å². The molecule has 2 atom stereocenters. The van der Waals surface area contributed by atoms with Gasteiger partial charge in [-0.05, 0) is 50.6 Å². The van der Waals surface area contributed by atoms with Crippen molar-refractivity contribution >= 4 is 29.9 Å². The van der Waals surface area contributed by atoms with Crippen molar-refractivity contribution in [1.29, 1.82) is 0 Å². The van der Waals surface area contributed by atoms with E-state index in [9.17, 15) is 9.59 Å². The molecule has 23 heavy (non-hydrogen) atoms. The lowest BCUT2D eigenvalue weighted by Gasteiger charge is -2.28. The van der Waals surface area contributed by atoms with E-state index in [2.05, 4.69) is 22.9 Å². The molecular weight excluding hydrogens is 314 g/mol. The van der Waals surface area contributed by atoms with Crippen LogP contribution in [0.5, 0.6) is 0 Å². The molecule has 1 saturated heterocycles. The molecule has 1 aromatic rings. The summed E-state index contributed by atoms with van der Waals surface area (Å²) in [5, 5.41) is 9.26. The summed E-state index contributed by atoms with van der Waals surface area (Å²) in [6.07, 6.45) is 1.91. The molecule has 128 valence electrons. The largest absolute Gasteiger partial charge is 0.349 e. The molecule has 1 fully saturated rings. The Morgan fingerprint density at radius 3 is 2.43 bits per heavy atom. The average Bonchev–Trinajstić information content (AvgIpc) is 2.47. The highest BCUT2D eigenvalue weighted by molar-refractivity contribution is 5.96. The molecule has 2 amide bonds. The predicted molar refractivity (Wildman–Crippen MR) is 95.1 cm³/mol. The van der Waals surface area contributed by atoms with Gasteiger partial charge in [-0.25, -0.2) is 0 Å². The smallest absolute Gasteiger partial charge is 0.251 e. The number of nitrogens with one attached hydrogen (secondary N) is 3. The van der Waals surface area contributed by atoms with E-state index in [1.54, 1.807) is 24.3 Å². The van der Waals surface area contributed by atoms with Gasteiger partial charge in [-0.15, -0.1) is 12.4 Å². The maximum absolute atomic E-state index is 12.2. The van der Waals surface area contributed by atoms with Crippen LogP contribution < -0.4 is 16.0 Å². The van der Waals surface area contributed by atoms with Crippen LogP contribution in [0.4, 0.5) is 5.69 Å². The number of hydrogen-bond donors (Lipinski definition) is 3. The normalized spacial score (nSPS) is 20.5. The van der Waals surface area contributed by atoms with Gasteiger partial charge in [-0.2, -0.15) is 0 Å². The van der Waals surface area contributed by atoms with Crippen molar-refractivity contribution in [2.24, 2.45) is 5.92 Å². The summed E-state index contributed by atoms with van der Waals surface area (Å²) in [6, 6.07) is 7.68. The topological polar surface area (TPSA) is 70.2 Å². The van der Waals surface area contributed by atoms with Crippen molar-refractivity contribution in [3.05, 3.63) is 29.8 Å². The molecule has 1 heterocycles. The first-order chi connectivity index (χ1) is 10.5. The molecule has 6 heteroatoms. The molecule has 0 bridgehead atoms. The first-order valence-electron chi connectivity index (χ1n) is 7.91.